The van der Waals surface area contributed by atoms with Crippen LogP contribution in [0.3, 0.4) is 0 Å². The quantitative estimate of drug-likeness (QED) is 0.781. The van der Waals surface area contributed by atoms with Crippen LogP contribution >= 0.6 is 11.6 Å². The highest BCUT2D eigenvalue weighted by atomic mass is 35.5. The van der Waals surface area contributed by atoms with E-state index in [0.29, 0.717) is 0 Å². The van der Waals surface area contributed by atoms with Crippen molar-refractivity contribution in [3.63, 3.8) is 0 Å². The fourth-order valence-corrected chi connectivity index (χ4v) is 2.15. The first-order valence-corrected chi connectivity index (χ1v) is 7.86. The molecule has 6 nitrogen and oxygen atoms in total. The number of anilines is 1. The van der Waals surface area contributed by atoms with Gasteiger partial charge in [0.05, 0.1) is 16.3 Å². The largest absolute Gasteiger partial charge is 0.481 e. The number of carbonyl (C=O) groups is 2. The third-order valence-corrected chi connectivity index (χ3v) is 3.53. The minimum atomic E-state index is -1.13. The lowest BCUT2D eigenvalue weighted by Gasteiger charge is -2.14. The van der Waals surface area contributed by atoms with Gasteiger partial charge in [-0.2, -0.15) is 5.26 Å². The molecule has 0 aromatic heterocycles. The number of rotatable bonds is 6. The molecule has 0 bridgehead atoms. The van der Waals surface area contributed by atoms with E-state index in [2.05, 4.69) is 5.32 Å². The molecule has 2 aromatic rings. The number of hydrogen-bond donors (Lipinski definition) is 1. The van der Waals surface area contributed by atoms with E-state index < -0.39 is 30.4 Å². The molecule has 2 aromatic carbocycles. The van der Waals surface area contributed by atoms with Crippen LogP contribution in [0.15, 0.2) is 42.5 Å². The van der Waals surface area contributed by atoms with E-state index >= 15 is 0 Å². The van der Waals surface area contributed by atoms with Gasteiger partial charge in [0, 0.05) is 0 Å². The summed E-state index contributed by atoms with van der Waals surface area (Å²) in [6.45, 7) is 0.904. The second kappa shape index (κ2) is 8.83. The van der Waals surface area contributed by atoms with Crippen molar-refractivity contribution in [1.82, 2.24) is 0 Å². The molecular formula is C18H14ClFN2O4. The summed E-state index contributed by atoms with van der Waals surface area (Å²) in [7, 11) is 0. The molecule has 0 unspecified atom stereocenters. The van der Waals surface area contributed by atoms with Gasteiger partial charge in [-0.25, -0.2) is 9.18 Å². The number of nitriles is 1. The number of hydrogen-bond acceptors (Lipinski definition) is 5. The molecule has 0 fully saturated rings. The highest BCUT2D eigenvalue weighted by Gasteiger charge is 2.19. The number of amides is 1. The second-order valence-corrected chi connectivity index (χ2v) is 5.55. The van der Waals surface area contributed by atoms with Gasteiger partial charge < -0.3 is 14.8 Å². The van der Waals surface area contributed by atoms with Crippen LogP contribution in [-0.4, -0.2) is 24.6 Å². The summed E-state index contributed by atoms with van der Waals surface area (Å²) >= 11 is 5.82. The molecule has 26 heavy (non-hydrogen) atoms. The lowest BCUT2D eigenvalue weighted by molar-refractivity contribution is -0.155. The van der Waals surface area contributed by atoms with Crippen molar-refractivity contribution in [2.24, 2.45) is 0 Å². The van der Waals surface area contributed by atoms with Crippen LogP contribution in [0.2, 0.25) is 5.02 Å². The smallest absolute Gasteiger partial charge is 0.344 e. The molecule has 8 heteroatoms. The number of halogens is 2. The first kappa shape index (κ1) is 19.2. The maximum Gasteiger partial charge on any atom is 0.344 e. The van der Waals surface area contributed by atoms with Gasteiger partial charge in [-0.05, 0) is 37.3 Å². The van der Waals surface area contributed by atoms with Crippen molar-refractivity contribution < 1.29 is 23.5 Å². The predicted molar refractivity (Wildman–Crippen MR) is 92.2 cm³/mol. The van der Waals surface area contributed by atoms with Gasteiger partial charge in [0.1, 0.15) is 17.6 Å². The molecule has 0 aliphatic heterocycles. The molecule has 134 valence electrons. The summed E-state index contributed by atoms with van der Waals surface area (Å²) < 4.78 is 23.2. The standard InChI is InChI=1S/C18H14ClFN2O4/c1-11(18(24)22-15-7-6-13(20)8-14(15)19)26-17(23)10-25-16-5-3-2-4-12(16)9-21/h2-8,11H,10H2,1H3,(H,22,24)/t11-/m0/s1. The lowest BCUT2D eigenvalue weighted by Crippen LogP contribution is -2.31. The van der Waals surface area contributed by atoms with Crippen molar-refractivity contribution in [3.8, 4) is 11.8 Å². The van der Waals surface area contributed by atoms with Gasteiger partial charge in [0.15, 0.2) is 12.7 Å². The van der Waals surface area contributed by atoms with Crippen LogP contribution in [0, 0.1) is 17.1 Å². The van der Waals surface area contributed by atoms with Crippen molar-refractivity contribution in [3.05, 3.63) is 58.9 Å². The monoisotopic (exact) mass is 376 g/mol. The maximum absolute atomic E-state index is 13.0. The minimum Gasteiger partial charge on any atom is -0.481 e. The predicted octanol–water partition coefficient (Wildman–Crippen LogP) is 3.30. The third-order valence-electron chi connectivity index (χ3n) is 3.22. The van der Waals surface area contributed by atoms with Crippen molar-refractivity contribution in [1.29, 1.82) is 5.26 Å². The number of carbonyl (C=O) groups excluding carboxylic acids is 2. The van der Waals surface area contributed by atoms with E-state index in [1.165, 1.54) is 13.0 Å². The molecule has 0 aliphatic rings. The Morgan fingerprint density at radius 1 is 1.31 bits per heavy atom. The van der Waals surface area contributed by atoms with E-state index in [4.69, 9.17) is 26.3 Å². The molecule has 0 radical (unpaired) electrons. The number of nitrogens with one attached hydrogen (secondary N) is 1. The van der Waals surface area contributed by atoms with Crippen LogP contribution in [0.25, 0.3) is 0 Å². The summed E-state index contributed by atoms with van der Waals surface area (Å²) in [5.41, 5.74) is 0.470. The van der Waals surface area contributed by atoms with Gasteiger partial charge in [-0.3, -0.25) is 4.79 Å². The Morgan fingerprint density at radius 3 is 2.73 bits per heavy atom. The number of nitrogens with zero attached hydrogens (tertiary/aromatic N) is 1. The molecule has 0 saturated carbocycles. The summed E-state index contributed by atoms with van der Waals surface area (Å²) in [6.07, 6.45) is -1.13. The molecule has 0 spiro atoms. The summed E-state index contributed by atoms with van der Waals surface area (Å²) in [4.78, 5) is 23.8. The molecule has 0 aliphatic carbocycles. The van der Waals surface area contributed by atoms with Crippen LogP contribution < -0.4 is 10.1 Å². The first-order valence-electron chi connectivity index (χ1n) is 7.48. The molecule has 1 amide bonds. The Balaban J connectivity index is 1.88. The second-order valence-electron chi connectivity index (χ2n) is 5.14. The van der Waals surface area contributed by atoms with Gasteiger partial charge >= 0.3 is 5.97 Å². The SMILES string of the molecule is C[C@H](OC(=O)COc1ccccc1C#N)C(=O)Nc1ccc(F)cc1Cl. The highest BCUT2D eigenvalue weighted by Crippen LogP contribution is 2.22. The zero-order chi connectivity index (χ0) is 19.1. The Hall–Kier alpha value is -3.11. The molecule has 0 saturated heterocycles. The Bertz CT molecular complexity index is 867. The van der Waals surface area contributed by atoms with Crippen molar-refractivity contribution in [2.45, 2.75) is 13.0 Å². The van der Waals surface area contributed by atoms with Crippen molar-refractivity contribution >= 4 is 29.2 Å². The first-order chi connectivity index (χ1) is 12.4. The van der Waals surface area contributed by atoms with Crippen LogP contribution in [-0.2, 0) is 14.3 Å². The lowest BCUT2D eigenvalue weighted by atomic mass is 10.2. The Morgan fingerprint density at radius 2 is 2.04 bits per heavy atom. The summed E-state index contributed by atoms with van der Waals surface area (Å²) in [6, 6.07) is 11.8. The van der Waals surface area contributed by atoms with Crippen LogP contribution in [0.1, 0.15) is 12.5 Å². The Kier molecular flexibility index (Phi) is 6.53. The maximum atomic E-state index is 13.0. The average molecular weight is 377 g/mol. The zero-order valence-electron chi connectivity index (χ0n) is 13.7. The van der Waals surface area contributed by atoms with Gasteiger partial charge in [-0.1, -0.05) is 23.7 Å². The number of benzene rings is 2. The van der Waals surface area contributed by atoms with E-state index in [1.54, 1.807) is 24.3 Å². The fourth-order valence-electron chi connectivity index (χ4n) is 1.93. The summed E-state index contributed by atoms with van der Waals surface area (Å²) in [5, 5.41) is 11.4. The number of esters is 1. The van der Waals surface area contributed by atoms with Crippen LogP contribution in [0.4, 0.5) is 10.1 Å². The zero-order valence-corrected chi connectivity index (χ0v) is 14.4. The number of para-hydroxylation sites is 1. The molecule has 2 rings (SSSR count). The molecule has 0 heterocycles. The van der Waals surface area contributed by atoms with Crippen LogP contribution in [0.5, 0.6) is 5.75 Å². The molecule has 1 atom stereocenters. The minimum absolute atomic E-state index is 0.0216. The van der Waals surface area contributed by atoms with Gasteiger partial charge in [-0.15, -0.1) is 0 Å². The third kappa shape index (κ3) is 5.19. The summed E-state index contributed by atoms with van der Waals surface area (Å²) in [5.74, 6) is -1.72. The molecule has 1 N–H and O–H groups in total. The number of ether oxygens (including phenoxy) is 2. The Labute approximate surface area is 154 Å². The average Bonchev–Trinajstić information content (AvgIpc) is 2.62. The van der Waals surface area contributed by atoms with Crippen molar-refractivity contribution in [2.75, 3.05) is 11.9 Å². The van der Waals surface area contributed by atoms with Gasteiger partial charge in [0.2, 0.25) is 0 Å². The van der Waals surface area contributed by atoms with E-state index in [9.17, 15) is 14.0 Å². The van der Waals surface area contributed by atoms with E-state index in [-0.39, 0.29) is 22.0 Å². The normalized spacial score (nSPS) is 11.2. The highest BCUT2D eigenvalue weighted by molar-refractivity contribution is 6.33. The van der Waals surface area contributed by atoms with E-state index in [0.717, 1.165) is 12.1 Å². The van der Waals surface area contributed by atoms with Gasteiger partial charge in [0.25, 0.3) is 5.91 Å². The molecular weight excluding hydrogens is 363 g/mol. The fraction of sp³-hybridized carbons (Fsp3) is 0.167. The van der Waals surface area contributed by atoms with E-state index in [1.807, 2.05) is 6.07 Å². The topological polar surface area (TPSA) is 88.4 Å².